The van der Waals surface area contributed by atoms with Crippen molar-refractivity contribution in [2.75, 3.05) is 0 Å². The van der Waals surface area contributed by atoms with Crippen LogP contribution in [0.15, 0.2) is 55.8 Å². The van der Waals surface area contributed by atoms with Crippen LogP contribution in [0, 0.1) is 11.6 Å². The third-order valence-corrected chi connectivity index (χ3v) is 4.29. The van der Waals surface area contributed by atoms with Crippen LogP contribution < -0.4 is 5.73 Å². The van der Waals surface area contributed by atoms with Gasteiger partial charge in [0, 0.05) is 15.4 Å². The molecule has 0 fully saturated rings. The number of nitrogens with two attached hydrogens (primary N) is 1. The molecule has 0 amide bonds. The molecule has 0 aliphatic carbocycles. The second-order valence-corrected chi connectivity index (χ2v) is 5.69. The molecule has 0 heterocycles. The molecule has 0 spiro atoms. The van der Waals surface area contributed by atoms with Crippen molar-refractivity contribution in [3.05, 3.63) is 58.1 Å². The van der Waals surface area contributed by atoms with Gasteiger partial charge in [0.15, 0.2) is 11.7 Å². The maximum atomic E-state index is 14.2. The predicted octanol–water partition coefficient (Wildman–Crippen LogP) is 3.97. The lowest BCUT2D eigenvalue weighted by atomic mass is 10.2. The highest BCUT2D eigenvalue weighted by Gasteiger charge is 2.14. The molecule has 0 unspecified atom stereocenters. The summed E-state index contributed by atoms with van der Waals surface area (Å²) in [4.78, 5) is 1.05. The molecule has 3 N–H and O–H groups in total. The van der Waals surface area contributed by atoms with Crippen molar-refractivity contribution in [2.24, 2.45) is 10.9 Å². The largest absolute Gasteiger partial charge is 0.409 e. The average Bonchev–Trinajstić information content (AvgIpc) is 2.45. The van der Waals surface area contributed by atoms with E-state index in [9.17, 15) is 8.78 Å². The van der Waals surface area contributed by atoms with E-state index >= 15 is 0 Å². The van der Waals surface area contributed by atoms with Crippen molar-refractivity contribution in [2.45, 2.75) is 9.79 Å². The number of halogens is 3. The molecule has 20 heavy (non-hydrogen) atoms. The van der Waals surface area contributed by atoms with Gasteiger partial charge in [-0.25, -0.2) is 8.78 Å². The number of hydrogen-bond acceptors (Lipinski definition) is 3. The molecule has 3 nitrogen and oxygen atoms in total. The van der Waals surface area contributed by atoms with E-state index in [1.54, 1.807) is 12.1 Å². The molecule has 0 saturated heterocycles. The molecule has 2 aromatic carbocycles. The number of rotatable bonds is 3. The van der Waals surface area contributed by atoms with Crippen molar-refractivity contribution in [1.82, 2.24) is 0 Å². The molecule has 0 aliphatic rings. The second-order valence-electron chi connectivity index (χ2n) is 3.78. The SMILES string of the molecule is N/C(=N/O)c1ccc(Sc2ccc(F)cc2)c(F)c1Br. The lowest BCUT2D eigenvalue weighted by Gasteiger charge is -2.08. The summed E-state index contributed by atoms with van der Waals surface area (Å²) in [7, 11) is 0. The van der Waals surface area contributed by atoms with Crippen LogP contribution in [-0.4, -0.2) is 11.0 Å². The van der Waals surface area contributed by atoms with Gasteiger partial charge in [0.2, 0.25) is 0 Å². The zero-order chi connectivity index (χ0) is 14.7. The Balaban J connectivity index is 2.34. The van der Waals surface area contributed by atoms with Gasteiger partial charge in [-0.2, -0.15) is 0 Å². The summed E-state index contributed by atoms with van der Waals surface area (Å²) in [5, 5.41) is 11.4. The zero-order valence-corrected chi connectivity index (χ0v) is 12.4. The van der Waals surface area contributed by atoms with E-state index in [0.29, 0.717) is 9.79 Å². The molecule has 0 aromatic heterocycles. The molecule has 0 aliphatic heterocycles. The Kier molecular flexibility index (Phi) is 4.61. The third kappa shape index (κ3) is 3.10. The maximum absolute atomic E-state index is 14.2. The first-order valence-corrected chi connectivity index (χ1v) is 7.03. The Morgan fingerprint density at radius 3 is 2.40 bits per heavy atom. The Morgan fingerprint density at radius 1 is 1.15 bits per heavy atom. The van der Waals surface area contributed by atoms with Crippen LogP contribution in [0.2, 0.25) is 0 Å². The number of amidine groups is 1. The summed E-state index contributed by atoms with van der Waals surface area (Å²) in [5.41, 5.74) is 5.70. The fourth-order valence-corrected chi connectivity index (χ4v) is 3.03. The molecule has 2 aromatic rings. The fourth-order valence-electron chi connectivity index (χ4n) is 1.49. The van der Waals surface area contributed by atoms with E-state index < -0.39 is 5.82 Å². The van der Waals surface area contributed by atoms with Gasteiger partial charge in [0.1, 0.15) is 5.82 Å². The van der Waals surface area contributed by atoms with Crippen molar-refractivity contribution >= 4 is 33.5 Å². The van der Waals surface area contributed by atoms with Gasteiger partial charge in [0.05, 0.1) is 4.47 Å². The first kappa shape index (κ1) is 14.8. The quantitative estimate of drug-likeness (QED) is 0.377. The van der Waals surface area contributed by atoms with Crippen LogP contribution in [0.5, 0.6) is 0 Å². The maximum Gasteiger partial charge on any atom is 0.171 e. The Bertz CT molecular complexity index is 662. The normalized spacial score (nSPS) is 11.7. The predicted molar refractivity (Wildman–Crippen MR) is 77.1 cm³/mol. The van der Waals surface area contributed by atoms with Gasteiger partial charge < -0.3 is 10.9 Å². The first-order valence-electron chi connectivity index (χ1n) is 5.42. The molecule has 104 valence electrons. The molecule has 0 radical (unpaired) electrons. The van der Waals surface area contributed by atoms with Gasteiger partial charge in [0.25, 0.3) is 0 Å². The Hall–Kier alpha value is -1.60. The van der Waals surface area contributed by atoms with Crippen LogP contribution in [0.1, 0.15) is 5.56 Å². The molecule has 0 saturated carbocycles. The summed E-state index contributed by atoms with van der Waals surface area (Å²) >= 11 is 4.23. The summed E-state index contributed by atoms with van der Waals surface area (Å²) < 4.78 is 27.1. The highest BCUT2D eigenvalue weighted by molar-refractivity contribution is 9.10. The van der Waals surface area contributed by atoms with E-state index in [1.165, 1.54) is 24.3 Å². The Morgan fingerprint density at radius 2 is 1.80 bits per heavy atom. The van der Waals surface area contributed by atoms with Crippen molar-refractivity contribution in [3.63, 3.8) is 0 Å². The average molecular weight is 359 g/mol. The van der Waals surface area contributed by atoms with Crippen LogP contribution in [0.25, 0.3) is 0 Å². The van der Waals surface area contributed by atoms with Gasteiger partial charge in [-0.15, -0.1) is 0 Å². The first-order chi connectivity index (χ1) is 9.52. The lowest BCUT2D eigenvalue weighted by Crippen LogP contribution is -2.14. The monoisotopic (exact) mass is 358 g/mol. The van der Waals surface area contributed by atoms with Crippen molar-refractivity contribution < 1.29 is 14.0 Å². The topological polar surface area (TPSA) is 58.6 Å². The van der Waals surface area contributed by atoms with Crippen LogP contribution >= 0.6 is 27.7 Å². The number of hydrogen-bond donors (Lipinski definition) is 2. The smallest absolute Gasteiger partial charge is 0.171 e. The van der Waals surface area contributed by atoms with Crippen LogP contribution in [-0.2, 0) is 0 Å². The number of nitrogens with zero attached hydrogens (tertiary/aromatic N) is 1. The van der Waals surface area contributed by atoms with Crippen LogP contribution in [0.3, 0.4) is 0 Å². The summed E-state index contributed by atoms with van der Waals surface area (Å²) in [6.07, 6.45) is 0. The summed E-state index contributed by atoms with van der Waals surface area (Å²) in [6, 6.07) is 8.78. The van der Waals surface area contributed by atoms with E-state index in [-0.39, 0.29) is 21.7 Å². The van der Waals surface area contributed by atoms with Gasteiger partial charge in [-0.3, -0.25) is 0 Å². The molecule has 0 atom stereocenters. The van der Waals surface area contributed by atoms with E-state index in [1.807, 2.05) is 0 Å². The summed E-state index contributed by atoms with van der Waals surface area (Å²) in [5.74, 6) is -1.06. The standard InChI is InChI=1S/C13H9BrF2N2OS/c14-11-9(13(17)18-19)5-6-10(12(11)16)20-8-3-1-7(15)2-4-8/h1-6,19H,(H2,17,18). The molecule has 0 bridgehead atoms. The Labute approximate surface area is 126 Å². The van der Waals surface area contributed by atoms with Gasteiger partial charge in [-0.1, -0.05) is 16.9 Å². The summed E-state index contributed by atoms with van der Waals surface area (Å²) in [6.45, 7) is 0. The second kappa shape index (κ2) is 6.23. The van der Waals surface area contributed by atoms with Crippen molar-refractivity contribution in [3.8, 4) is 0 Å². The molecular formula is C13H9BrF2N2OS. The highest BCUT2D eigenvalue weighted by Crippen LogP contribution is 2.34. The van der Waals surface area contributed by atoms with Crippen LogP contribution in [0.4, 0.5) is 8.78 Å². The minimum atomic E-state index is -0.525. The van der Waals surface area contributed by atoms with E-state index in [4.69, 9.17) is 10.9 Å². The van der Waals surface area contributed by atoms with E-state index in [2.05, 4.69) is 21.1 Å². The number of benzene rings is 2. The third-order valence-electron chi connectivity index (χ3n) is 2.47. The zero-order valence-electron chi connectivity index (χ0n) is 9.98. The molecular weight excluding hydrogens is 350 g/mol. The van der Waals surface area contributed by atoms with Gasteiger partial charge in [-0.05, 0) is 52.3 Å². The fraction of sp³-hybridized carbons (Fsp3) is 0. The van der Waals surface area contributed by atoms with E-state index in [0.717, 1.165) is 11.8 Å². The minimum Gasteiger partial charge on any atom is -0.409 e. The number of oxime groups is 1. The molecule has 7 heteroatoms. The molecule has 2 rings (SSSR count). The van der Waals surface area contributed by atoms with Crippen molar-refractivity contribution in [1.29, 1.82) is 0 Å². The highest BCUT2D eigenvalue weighted by atomic mass is 79.9. The minimum absolute atomic E-state index is 0.111. The lowest BCUT2D eigenvalue weighted by molar-refractivity contribution is 0.318. The van der Waals surface area contributed by atoms with Gasteiger partial charge >= 0.3 is 0 Å².